The van der Waals surface area contributed by atoms with E-state index >= 15 is 0 Å². The Labute approximate surface area is 107 Å². The Bertz CT molecular complexity index is 650. The third kappa shape index (κ3) is 1.88. The van der Waals surface area contributed by atoms with E-state index in [1.165, 1.54) is 5.56 Å². The van der Waals surface area contributed by atoms with Crippen molar-refractivity contribution in [3.63, 3.8) is 0 Å². The van der Waals surface area contributed by atoms with Crippen LogP contribution in [0.3, 0.4) is 0 Å². The summed E-state index contributed by atoms with van der Waals surface area (Å²) in [5.41, 5.74) is 5.21. The van der Waals surface area contributed by atoms with Gasteiger partial charge in [0.25, 0.3) is 0 Å². The lowest BCUT2D eigenvalue weighted by Crippen LogP contribution is -1.94. The largest absolute Gasteiger partial charge is 0.289 e. The summed E-state index contributed by atoms with van der Waals surface area (Å²) in [4.78, 5) is 12.2. The van der Waals surface area contributed by atoms with Crippen LogP contribution in [0.4, 0.5) is 0 Å². The topological polar surface area (TPSA) is 17.1 Å². The normalized spacial score (nSPS) is 16.1. The van der Waals surface area contributed by atoms with Crippen molar-refractivity contribution in [1.29, 1.82) is 0 Å². The molecule has 0 spiro atoms. The Hall–Kier alpha value is -2.15. The zero-order chi connectivity index (χ0) is 12.5. The van der Waals surface area contributed by atoms with Crippen LogP contribution >= 0.6 is 0 Å². The summed E-state index contributed by atoms with van der Waals surface area (Å²) >= 11 is 0. The third-order valence-electron chi connectivity index (χ3n) is 3.32. The Balaban J connectivity index is 1.99. The minimum Gasteiger partial charge on any atom is -0.289 e. The summed E-state index contributed by atoms with van der Waals surface area (Å²) in [7, 11) is 0. The maximum Gasteiger partial charge on any atom is 0.189 e. The molecule has 0 amide bonds. The predicted octanol–water partition coefficient (Wildman–Crippen LogP) is 3.82. The summed E-state index contributed by atoms with van der Waals surface area (Å²) in [6.07, 6.45) is 2.76. The van der Waals surface area contributed by atoms with E-state index in [1.807, 2.05) is 42.5 Å². The number of aryl methyl sites for hydroxylation is 1. The van der Waals surface area contributed by atoms with Crippen LogP contribution in [0.5, 0.6) is 0 Å². The lowest BCUT2D eigenvalue weighted by atomic mass is 10.1. The molecule has 0 atom stereocenters. The number of Topliss-reactive ketones (excluding diaryl/α,β-unsaturated/α-hetero) is 1. The second-order valence-electron chi connectivity index (χ2n) is 4.75. The summed E-state index contributed by atoms with van der Waals surface area (Å²) in [5.74, 6) is 0.173. The first kappa shape index (κ1) is 11.0. The zero-order valence-corrected chi connectivity index (χ0v) is 10.3. The van der Waals surface area contributed by atoms with Gasteiger partial charge in [0.05, 0.1) is 0 Å². The first-order chi connectivity index (χ1) is 8.74. The van der Waals surface area contributed by atoms with E-state index in [-0.39, 0.29) is 5.78 Å². The molecule has 0 aromatic heterocycles. The SMILES string of the molecule is Cc1cccc(/C=C2/Cc3ccccc3C2=O)c1. The van der Waals surface area contributed by atoms with Gasteiger partial charge in [0.2, 0.25) is 0 Å². The number of ketones is 1. The number of benzene rings is 2. The van der Waals surface area contributed by atoms with Crippen LogP contribution in [0.25, 0.3) is 6.08 Å². The first-order valence-electron chi connectivity index (χ1n) is 6.14. The minimum absolute atomic E-state index is 0.173. The predicted molar refractivity (Wildman–Crippen MR) is 73.6 cm³/mol. The molecule has 1 heteroatoms. The van der Waals surface area contributed by atoms with Crippen LogP contribution in [-0.2, 0) is 6.42 Å². The summed E-state index contributed by atoms with van der Waals surface area (Å²) in [6, 6.07) is 16.1. The number of carbonyl (C=O) groups excluding carboxylic acids is 1. The molecule has 0 saturated heterocycles. The molecule has 18 heavy (non-hydrogen) atoms. The van der Waals surface area contributed by atoms with Crippen LogP contribution in [0, 0.1) is 6.92 Å². The Kier molecular flexibility index (Phi) is 2.60. The molecule has 1 aliphatic rings. The number of rotatable bonds is 1. The lowest BCUT2D eigenvalue weighted by molar-refractivity contribution is 0.104. The van der Waals surface area contributed by atoms with Crippen LogP contribution in [0.1, 0.15) is 27.0 Å². The van der Waals surface area contributed by atoms with E-state index in [2.05, 4.69) is 19.1 Å². The van der Waals surface area contributed by atoms with Gasteiger partial charge in [-0.15, -0.1) is 0 Å². The quantitative estimate of drug-likeness (QED) is 0.685. The molecule has 0 heterocycles. The number of carbonyl (C=O) groups is 1. The molecular weight excluding hydrogens is 220 g/mol. The molecule has 0 N–H and O–H groups in total. The van der Waals surface area contributed by atoms with Crippen molar-refractivity contribution in [2.24, 2.45) is 0 Å². The highest BCUT2D eigenvalue weighted by Crippen LogP contribution is 2.27. The standard InChI is InChI=1S/C17H14O/c1-12-5-4-6-13(9-12)10-15-11-14-7-2-3-8-16(14)17(15)18/h2-10H,11H2,1H3/b15-10-. The van der Waals surface area contributed by atoms with E-state index in [1.54, 1.807) is 0 Å². The van der Waals surface area contributed by atoms with Gasteiger partial charge in [-0.05, 0) is 24.1 Å². The van der Waals surface area contributed by atoms with Crippen LogP contribution in [0.15, 0.2) is 54.1 Å². The molecule has 0 saturated carbocycles. The average molecular weight is 234 g/mol. The van der Waals surface area contributed by atoms with E-state index in [0.717, 1.165) is 28.7 Å². The van der Waals surface area contributed by atoms with Crippen molar-refractivity contribution in [1.82, 2.24) is 0 Å². The molecule has 0 fully saturated rings. The monoisotopic (exact) mass is 234 g/mol. The summed E-state index contributed by atoms with van der Waals surface area (Å²) in [6.45, 7) is 2.06. The molecule has 88 valence electrons. The van der Waals surface area contributed by atoms with Crippen molar-refractivity contribution >= 4 is 11.9 Å². The van der Waals surface area contributed by atoms with E-state index < -0.39 is 0 Å². The van der Waals surface area contributed by atoms with Crippen molar-refractivity contribution in [3.05, 3.63) is 76.4 Å². The maximum atomic E-state index is 12.2. The molecule has 0 bridgehead atoms. The van der Waals surface area contributed by atoms with Crippen LogP contribution in [0.2, 0.25) is 0 Å². The molecule has 0 aliphatic heterocycles. The van der Waals surface area contributed by atoms with E-state index in [0.29, 0.717) is 0 Å². The molecular formula is C17H14O. The van der Waals surface area contributed by atoms with Crippen LogP contribution < -0.4 is 0 Å². The van der Waals surface area contributed by atoms with Gasteiger partial charge in [-0.25, -0.2) is 0 Å². The molecule has 2 aromatic rings. The van der Waals surface area contributed by atoms with Crippen molar-refractivity contribution in [2.75, 3.05) is 0 Å². The molecule has 1 nitrogen and oxygen atoms in total. The number of allylic oxidation sites excluding steroid dienone is 1. The molecule has 3 rings (SSSR count). The summed E-state index contributed by atoms with van der Waals surface area (Å²) in [5, 5.41) is 0. The van der Waals surface area contributed by atoms with Gasteiger partial charge in [-0.1, -0.05) is 54.1 Å². The van der Waals surface area contributed by atoms with Crippen molar-refractivity contribution in [2.45, 2.75) is 13.3 Å². The van der Waals surface area contributed by atoms with E-state index in [4.69, 9.17) is 0 Å². The Morgan fingerprint density at radius 2 is 1.89 bits per heavy atom. The van der Waals surface area contributed by atoms with E-state index in [9.17, 15) is 4.79 Å². The molecule has 2 aromatic carbocycles. The first-order valence-corrected chi connectivity index (χ1v) is 6.14. The van der Waals surface area contributed by atoms with Crippen molar-refractivity contribution < 1.29 is 4.79 Å². The van der Waals surface area contributed by atoms with Gasteiger partial charge in [0.15, 0.2) is 5.78 Å². The third-order valence-corrected chi connectivity index (χ3v) is 3.32. The van der Waals surface area contributed by atoms with Gasteiger partial charge in [0.1, 0.15) is 0 Å². The lowest BCUT2D eigenvalue weighted by Gasteiger charge is -1.98. The fraction of sp³-hybridized carbons (Fsp3) is 0.118. The highest BCUT2D eigenvalue weighted by molar-refractivity contribution is 6.15. The second kappa shape index (κ2) is 4.26. The molecule has 1 aliphatic carbocycles. The molecule has 0 radical (unpaired) electrons. The number of hydrogen-bond donors (Lipinski definition) is 0. The highest BCUT2D eigenvalue weighted by Gasteiger charge is 2.23. The fourth-order valence-corrected chi connectivity index (χ4v) is 2.43. The summed E-state index contributed by atoms with van der Waals surface area (Å²) < 4.78 is 0. The fourth-order valence-electron chi connectivity index (χ4n) is 2.43. The second-order valence-corrected chi connectivity index (χ2v) is 4.75. The smallest absolute Gasteiger partial charge is 0.189 e. The molecule has 0 unspecified atom stereocenters. The highest BCUT2D eigenvalue weighted by atomic mass is 16.1. The van der Waals surface area contributed by atoms with Gasteiger partial charge < -0.3 is 0 Å². The zero-order valence-electron chi connectivity index (χ0n) is 10.3. The van der Waals surface area contributed by atoms with Crippen LogP contribution in [-0.4, -0.2) is 5.78 Å². The van der Waals surface area contributed by atoms with Gasteiger partial charge >= 0.3 is 0 Å². The van der Waals surface area contributed by atoms with Gasteiger partial charge in [-0.2, -0.15) is 0 Å². The minimum atomic E-state index is 0.173. The number of hydrogen-bond acceptors (Lipinski definition) is 1. The Morgan fingerprint density at radius 3 is 2.67 bits per heavy atom. The van der Waals surface area contributed by atoms with Gasteiger partial charge in [-0.3, -0.25) is 4.79 Å². The maximum absolute atomic E-state index is 12.2. The Morgan fingerprint density at radius 1 is 1.06 bits per heavy atom. The van der Waals surface area contributed by atoms with Crippen molar-refractivity contribution in [3.8, 4) is 0 Å². The number of fused-ring (bicyclic) bond motifs is 1. The average Bonchev–Trinajstić information content (AvgIpc) is 2.67. The van der Waals surface area contributed by atoms with Gasteiger partial charge in [0, 0.05) is 17.6 Å².